The van der Waals surface area contributed by atoms with Crippen LogP contribution in [0.3, 0.4) is 0 Å². The Hall–Kier alpha value is -4.39. The summed E-state index contributed by atoms with van der Waals surface area (Å²) in [7, 11) is 0. The van der Waals surface area contributed by atoms with Gasteiger partial charge >= 0.3 is 18.2 Å². The third-order valence-electron chi connectivity index (χ3n) is 7.72. The van der Waals surface area contributed by atoms with Gasteiger partial charge in [-0.05, 0) is 60.9 Å². The number of carboxylic acids is 1. The van der Waals surface area contributed by atoms with Crippen LogP contribution in [0.2, 0.25) is 0 Å². The van der Waals surface area contributed by atoms with Crippen LogP contribution < -0.4 is 5.32 Å². The second kappa shape index (κ2) is 12.5. The van der Waals surface area contributed by atoms with Gasteiger partial charge in [0, 0.05) is 13.0 Å². The van der Waals surface area contributed by atoms with Crippen LogP contribution in [0.15, 0.2) is 78.9 Å². The van der Waals surface area contributed by atoms with E-state index >= 15 is 0 Å². The number of hydrogen-bond acceptors (Lipinski definition) is 3. The normalized spacial score (nSPS) is 15.6. The van der Waals surface area contributed by atoms with Gasteiger partial charge in [-0.25, -0.2) is 9.18 Å². The maximum Gasteiger partial charge on any atom is 0.413 e. The summed E-state index contributed by atoms with van der Waals surface area (Å²) in [4.78, 5) is 25.5. The summed E-state index contributed by atoms with van der Waals surface area (Å²) in [5, 5.41) is 21.6. The van der Waals surface area contributed by atoms with Crippen molar-refractivity contribution in [1.29, 1.82) is 5.26 Å². The van der Waals surface area contributed by atoms with E-state index in [9.17, 15) is 37.5 Å². The highest BCUT2D eigenvalue weighted by Crippen LogP contribution is 2.48. The molecule has 1 saturated carbocycles. The summed E-state index contributed by atoms with van der Waals surface area (Å²) in [6.45, 7) is 1.90. The molecule has 226 valence electrons. The monoisotopic (exact) mass is 595 g/mol. The molecule has 4 rings (SSSR count). The first-order valence-corrected chi connectivity index (χ1v) is 13.9. The van der Waals surface area contributed by atoms with Gasteiger partial charge < -0.3 is 15.3 Å². The van der Waals surface area contributed by atoms with Crippen LogP contribution in [0.4, 0.5) is 22.4 Å². The van der Waals surface area contributed by atoms with E-state index < -0.39 is 47.9 Å². The molecule has 3 aromatic rings. The molecule has 10 heteroatoms. The minimum Gasteiger partial charge on any atom is -0.481 e. The van der Waals surface area contributed by atoms with E-state index in [1.165, 1.54) is 38.1 Å². The van der Waals surface area contributed by atoms with Gasteiger partial charge in [-0.15, -0.1) is 0 Å². The van der Waals surface area contributed by atoms with E-state index in [2.05, 4.69) is 5.32 Å². The van der Waals surface area contributed by atoms with Crippen LogP contribution in [0.5, 0.6) is 0 Å². The minimum absolute atomic E-state index is 0.0866. The summed E-state index contributed by atoms with van der Waals surface area (Å²) in [5.41, 5.74) is -0.250. The second-order valence-corrected chi connectivity index (χ2v) is 11.5. The Bertz CT molecular complexity index is 1460. The summed E-state index contributed by atoms with van der Waals surface area (Å²) in [6, 6.07) is 18.5. The smallest absolute Gasteiger partial charge is 0.413 e. The topological polar surface area (TPSA) is 93.4 Å². The number of halogens is 4. The summed E-state index contributed by atoms with van der Waals surface area (Å²) >= 11 is 0. The summed E-state index contributed by atoms with van der Waals surface area (Å²) in [5.74, 6) is -0.881. The fraction of sp³-hybridized carbons (Fsp3) is 0.364. The van der Waals surface area contributed by atoms with E-state index in [0.717, 1.165) is 5.56 Å². The number of nitriles is 1. The number of carbonyl (C=O) groups is 2. The van der Waals surface area contributed by atoms with Crippen LogP contribution in [0, 0.1) is 11.3 Å². The molecule has 0 radical (unpaired) electrons. The van der Waals surface area contributed by atoms with Gasteiger partial charge in [-0.2, -0.15) is 18.4 Å². The first kappa shape index (κ1) is 31.5. The number of alkyl halides is 4. The average molecular weight is 596 g/mol. The van der Waals surface area contributed by atoms with E-state index in [4.69, 9.17) is 0 Å². The Morgan fingerprint density at radius 3 is 1.98 bits per heavy atom. The molecule has 2 amide bonds. The number of carbonyl (C=O) groups excluding carboxylic acids is 1. The zero-order valence-corrected chi connectivity index (χ0v) is 23.9. The standard InChI is InChI=1S/C33H33F4N3O3/c1-31(2,34)18-19-40(30(43)39-27(21-38)20-22-6-4-3-5-7-22)28(33(35,36)37)25-10-8-23(9-11-25)24-12-14-26(15-13-24)32(16-17-32)29(41)42/h3-15,27-28H,16-20H2,1-2H3,(H,39,43)(H,41,42)/t27-,28-/m0/s1. The molecule has 3 aromatic carbocycles. The fourth-order valence-electron chi connectivity index (χ4n) is 5.08. The van der Waals surface area contributed by atoms with Crippen molar-refractivity contribution in [2.24, 2.45) is 0 Å². The van der Waals surface area contributed by atoms with Gasteiger partial charge in [-0.1, -0.05) is 78.9 Å². The van der Waals surface area contributed by atoms with E-state index in [1.807, 2.05) is 6.07 Å². The highest BCUT2D eigenvalue weighted by Gasteiger charge is 2.51. The van der Waals surface area contributed by atoms with Crippen LogP contribution >= 0.6 is 0 Å². The van der Waals surface area contributed by atoms with Gasteiger partial charge in [0.25, 0.3) is 0 Å². The molecule has 2 atom stereocenters. The molecule has 1 aliphatic carbocycles. The Morgan fingerprint density at radius 2 is 1.51 bits per heavy atom. The Kier molecular flexibility index (Phi) is 9.14. The molecule has 0 heterocycles. The van der Waals surface area contributed by atoms with E-state index in [0.29, 0.717) is 34.4 Å². The summed E-state index contributed by atoms with van der Waals surface area (Å²) < 4.78 is 58.3. The average Bonchev–Trinajstić information content (AvgIpc) is 3.77. The van der Waals surface area contributed by atoms with Crippen molar-refractivity contribution in [3.63, 3.8) is 0 Å². The molecule has 1 aliphatic rings. The molecule has 1 fully saturated rings. The molecular weight excluding hydrogens is 562 g/mol. The zero-order valence-electron chi connectivity index (χ0n) is 23.9. The molecule has 2 N–H and O–H groups in total. The predicted molar refractivity (Wildman–Crippen MR) is 154 cm³/mol. The Labute approximate surface area is 247 Å². The molecular formula is C33H33F4N3O3. The first-order valence-electron chi connectivity index (χ1n) is 13.9. The van der Waals surface area contributed by atoms with Crippen molar-refractivity contribution >= 4 is 12.0 Å². The largest absolute Gasteiger partial charge is 0.481 e. The van der Waals surface area contributed by atoms with E-state index in [-0.39, 0.29) is 18.4 Å². The zero-order chi connectivity index (χ0) is 31.4. The number of nitrogens with one attached hydrogen (secondary N) is 1. The van der Waals surface area contributed by atoms with Crippen molar-refractivity contribution in [2.45, 2.75) is 68.9 Å². The van der Waals surface area contributed by atoms with Crippen LogP contribution in [0.1, 0.15) is 55.8 Å². The quantitative estimate of drug-likeness (QED) is 0.227. The van der Waals surface area contributed by atoms with Gasteiger partial charge in [-0.3, -0.25) is 4.79 Å². The number of amides is 2. The highest BCUT2D eigenvalue weighted by atomic mass is 19.4. The van der Waals surface area contributed by atoms with Crippen molar-refractivity contribution in [2.75, 3.05) is 6.54 Å². The van der Waals surface area contributed by atoms with Gasteiger partial charge in [0.1, 0.15) is 11.7 Å². The van der Waals surface area contributed by atoms with Crippen molar-refractivity contribution in [3.05, 3.63) is 95.6 Å². The van der Waals surface area contributed by atoms with Gasteiger partial charge in [0.15, 0.2) is 6.04 Å². The van der Waals surface area contributed by atoms with Gasteiger partial charge in [0.2, 0.25) is 0 Å². The second-order valence-electron chi connectivity index (χ2n) is 11.5. The third kappa shape index (κ3) is 7.72. The van der Waals surface area contributed by atoms with Crippen molar-refractivity contribution in [1.82, 2.24) is 10.2 Å². The number of aliphatic carboxylic acids is 1. The lowest BCUT2D eigenvalue weighted by atomic mass is 9.93. The third-order valence-corrected chi connectivity index (χ3v) is 7.72. The number of nitrogens with zero attached hydrogens (tertiary/aromatic N) is 2. The van der Waals surface area contributed by atoms with Crippen LogP contribution in [-0.2, 0) is 16.6 Å². The number of hydrogen-bond donors (Lipinski definition) is 2. The fourth-order valence-corrected chi connectivity index (χ4v) is 5.08. The lowest BCUT2D eigenvalue weighted by Crippen LogP contribution is -2.51. The Morgan fingerprint density at radius 1 is 0.953 bits per heavy atom. The minimum atomic E-state index is -4.90. The lowest BCUT2D eigenvalue weighted by molar-refractivity contribution is -0.179. The molecule has 43 heavy (non-hydrogen) atoms. The molecule has 0 saturated heterocycles. The van der Waals surface area contributed by atoms with Gasteiger partial charge in [0.05, 0.1) is 11.5 Å². The Balaban J connectivity index is 1.60. The molecule has 0 aromatic heterocycles. The highest BCUT2D eigenvalue weighted by molar-refractivity contribution is 5.85. The molecule has 0 spiro atoms. The van der Waals surface area contributed by atoms with Crippen LogP contribution in [-0.4, -0.2) is 46.4 Å². The number of urea groups is 1. The number of benzene rings is 3. The van der Waals surface area contributed by atoms with Crippen molar-refractivity contribution in [3.8, 4) is 17.2 Å². The molecule has 6 nitrogen and oxygen atoms in total. The first-order chi connectivity index (χ1) is 20.2. The SMILES string of the molecule is CC(C)(F)CCN(C(=O)N[C@H](C#N)Cc1ccccc1)[C@@H](c1ccc(-c2ccc(C3(C(=O)O)CC3)cc2)cc1)C(F)(F)F. The van der Waals surface area contributed by atoms with Crippen molar-refractivity contribution < 1.29 is 32.3 Å². The number of carboxylic acid groups (broad SMARTS) is 1. The van der Waals surface area contributed by atoms with E-state index in [1.54, 1.807) is 54.6 Å². The summed E-state index contributed by atoms with van der Waals surface area (Å²) in [6.07, 6.45) is -4.06. The predicted octanol–water partition coefficient (Wildman–Crippen LogP) is 7.36. The molecule has 0 aliphatic heterocycles. The maximum atomic E-state index is 14.6. The molecule has 0 unspecified atom stereocenters. The maximum absolute atomic E-state index is 14.6. The number of rotatable bonds is 11. The molecule has 0 bridgehead atoms. The lowest BCUT2D eigenvalue weighted by Gasteiger charge is -2.35. The van der Waals surface area contributed by atoms with Crippen LogP contribution in [0.25, 0.3) is 11.1 Å².